The second kappa shape index (κ2) is 5.64. The molecule has 0 bridgehead atoms. The molecule has 2 rings (SSSR count). The van der Waals surface area contributed by atoms with Crippen molar-refractivity contribution in [1.82, 2.24) is 10.1 Å². The van der Waals surface area contributed by atoms with Crippen molar-refractivity contribution in [3.8, 4) is 5.75 Å². The molecule has 1 aromatic carbocycles. The van der Waals surface area contributed by atoms with Crippen LogP contribution in [0.15, 0.2) is 28.8 Å². The van der Waals surface area contributed by atoms with Crippen LogP contribution in [0.3, 0.4) is 0 Å². The fraction of sp³-hybridized carbons (Fsp3) is 0.385. The average Bonchev–Trinajstić information content (AvgIpc) is 2.86. The van der Waals surface area contributed by atoms with E-state index in [9.17, 15) is 0 Å². The van der Waals surface area contributed by atoms with Gasteiger partial charge in [-0.05, 0) is 24.1 Å². The van der Waals surface area contributed by atoms with E-state index in [1.807, 2.05) is 31.2 Å². The molecule has 0 aliphatic rings. The van der Waals surface area contributed by atoms with Gasteiger partial charge in [-0.3, -0.25) is 0 Å². The molecule has 96 valence electrons. The van der Waals surface area contributed by atoms with Crippen LogP contribution in [0.5, 0.6) is 5.75 Å². The monoisotopic (exact) mass is 247 g/mol. The number of aromatic nitrogens is 2. The Labute approximate surface area is 106 Å². The largest absolute Gasteiger partial charge is 0.497 e. The molecule has 0 saturated carbocycles. The maximum Gasteiger partial charge on any atom is 0.243 e. The number of hydrogen-bond acceptors (Lipinski definition) is 5. The van der Waals surface area contributed by atoms with Crippen LogP contribution in [0.1, 0.15) is 36.7 Å². The second-order valence-electron chi connectivity index (χ2n) is 4.09. The third kappa shape index (κ3) is 2.87. The lowest BCUT2D eigenvalue weighted by Gasteiger charge is -2.01. The number of benzene rings is 1. The number of nitrogens with two attached hydrogens (primary N) is 1. The highest BCUT2D eigenvalue weighted by atomic mass is 16.5. The van der Waals surface area contributed by atoms with Crippen LogP contribution in [0.4, 0.5) is 0 Å². The molecule has 0 amide bonds. The van der Waals surface area contributed by atoms with Gasteiger partial charge in [0.25, 0.3) is 0 Å². The summed E-state index contributed by atoms with van der Waals surface area (Å²) in [5.74, 6) is 1.96. The number of rotatable bonds is 5. The summed E-state index contributed by atoms with van der Waals surface area (Å²) in [7, 11) is 1.64. The maximum absolute atomic E-state index is 5.83. The Balaban J connectivity index is 2.11. The van der Waals surface area contributed by atoms with Gasteiger partial charge in [-0.25, -0.2) is 0 Å². The van der Waals surface area contributed by atoms with E-state index >= 15 is 0 Å². The smallest absolute Gasteiger partial charge is 0.243 e. The third-order valence-corrected chi connectivity index (χ3v) is 2.74. The molecular weight excluding hydrogens is 230 g/mol. The van der Waals surface area contributed by atoms with Crippen molar-refractivity contribution in [2.24, 2.45) is 5.73 Å². The first-order valence-electron chi connectivity index (χ1n) is 5.94. The predicted molar refractivity (Wildman–Crippen MR) is 67.3 cm³/mol. The van der Waals surface area contributed by atoms with Crippen LogP contribution >= 0.6 is 0 Å². The van der Waals surface area contributed by atoms with Crippen molar-refractivity contribution in [2.45, 2.75) is 25.8 Å². The molecule has 18 heavy (non-hydrogen) atoms. The van der Waals surface area contributed by atoms with Gasteiger partial charge in [0.2, 0.25) is 5.89 Å². The van der Waals surface area contributed by atoms with Crippen molar-refractivity contribution in [3.05, 3.63) is 41.5 Å². The van der Waals surface area contributed by atoms with E-state index in [-0.39, 0.29) is 6.04 Å². The van der Waals surface area contributed by atoms with Crippen LogP contribution in [-0.2, 0) is 6.42 Å². The van der Waals surface area contributed by atoms with Gasteiger partial charge in [0.15, 0.2) is 5.82 Å². The Hall–Kier alpha value is -1.88. The van der Waals surface area contributed by atoms with Crippen molar-refractivity contribution in [3.63, 3.8) is 0 Å². The molecule has 2 N–H and O–H groups in total. The Bertz CT molecular complexity index is 510. The standard InChI is InChI=1S/C13H17N3O2/c1-3-11(14)13-15-12(16-18-13)8-9-5-4-6-10(7-9)17-2/h4-7,11H,3,8,14H2,1-2H3/t11-/m1/s1. The highest BCUT2D eigenvalue weighted by molar-refractivity contribution is 5.30. The minimum absolute atomic E-state index is 0.184. The zero-order valence-corrected chi connectivity index (χ0v) is 10.6. The highest BCUT2D eigenvalue weighted by Crippen LogP contribution is 2.16. The van der Waals surface area contributed by atoms with Gasteiger partial charge >= 0.3 is 0 Å². The minimum Gasteiger partial charge on any atom is -0.497 e. The fourth-order valence-electron chi connectivity index (χ4n) is 1.63. The Morgan fingerprint density at radius 3 is 3.00 bits per heavy atom. The van der Waals surface area contributed by atoms with Gasteiger partial charge in [0.1, 0.15) is 5.75 Å². The van der Waals surface area contributed by atoms with E-state index in [0.717, 1.165) is 17.7 Å². The molecule has 0 fully saturated rings. The number of nitrogens with zero attached hydrogens (tertiary/aromatic N) is 2. The van der Waals surface area contributed by atoms with Crippen molar-refractivity contribution in [1.29, 1.82) is 0 Å². The van der Waals surface area contributed by atoms with E-state index in [1.54, 1.807) is 7.11 Å². The lowest BCUT2D eigenvalue weighted by molar-refractivity contribution is 0.348. The first-order valence-corrected chi connectivity index (χ1v) is 5.94. The molecule has 0 radical (unpaired) electrons. The molecular formula is C13H17N3O2. The molecule has 2 aromatic rings. The molecule has 5 heteroatoms. The number of methoxy groups -OCH3 is 1. The summed E-state index contributed by atoms with van der Waals surface area (Å²) in [5, 5.41) is 3.93. The van der Waals surface area contributed by atoms with Gasteiger partial charge < -0.3 is 15.0 Å². The molecule has 0 aliphatic carbocycles. The summed E-state index contributed by atoms with van der Waals surface area (Å²) in [6.45, 7) is 1.98. The number of hydrogen-bond donors (Lipinski definition) is 1. The van der Waals surface area contributed by atoms with E-state index < -0.39 is 0 Å². The Morgan fingerprint density at radius 2 is 2.28 bits per heavy atom. The summed E-state index contributed by atoms with van der Waals surface area (Å²) >= 11 is 0. The van der Waals surface area contributed by atoms with Crippen LogP contribution in [0.25, 0.3) is 0 Å². The minimum atomic E-state index is -0.184. The fourth-order valence-corrected chi connectivity index (χ4v) is 1.63. The topological polar surface area (TPSA) is 74.2 Å². The zero-order chi connectivity index (χ0) is 13.0. The molecule has 1 heterocycles. The van der Waals surface area contributed by atoms with Crippen LogP contribution < -0.4 is 10.5 Å². The summed E-state index contributed by atoms with van der Waals surface area (Å²) in [5.41, 5.74) is 6.91. The lowest BCUT2D eigenvalue weighted by Crippen LogP contribution is -2.08. The SMILES string of the molecule is CC[C@@H](N)c1nc(Cc2cccc(OC)c2)no1. The van der Waals surface area contributed by atoms with E-state index in [0.29, 0.717) is 18.1 Å². The molecule has 1 atom stereocenters. The summed E-state index contributed by atoms with van der Waals surface area (Å²) < 4.78 is 10.3. The number of ether oxygens (including phenoxy) is 1. The van der Waals surface area contributed by atoms with Gasteiger partial charge in [-0.1, -0.05) is 24.2 Å². The molecule has 5 nitrogen and oxygen atoms in total. The van der Waals surface area contributed by atoms with Crippen molar-refractivity contribution >= 4 is 0 Å². The summed E-state index contributed by atoms with van der Waals surface area (Å²) in [4.78, 5) is 4.29. The molecule has 0 unspecified atom stereocenters. The second-order valence-corrected chi connectivity index (χ2v) is 4.09. The van der Waals surface area contributed by atoms with Crippen LogP contribution in [0, 0.1) is 0 Å². The average molecular weight is 247 g/mol. The van der Waals surface area contributed by atoms with Crippen LogP contribution in [0.2, 0.25) is 0 Å². The van der Waals surface area contributed by atoms with Gasteiger partial charge in [-0.2, -0.15) is 4.98 Å². The molecule has 0 saturated heterocycles. The van der Waals surface area contributed by atoms with E-state index in [4.69, 9.17) is 15.0 Å². The van der Waals surface area contributed by atoms with Crippen LogP contribution in [-0.4, -0.2) is 17.3 Å². The predicted octanol–water partition coefficient (Wildman–Crippen LogP) is 2.08. The lowest BCUT2D eigenvalue weighted by atomic mass is 10.1. The quantitative estimate of drug-likeness (QED) is 0.875. The van der Waals surface area contributed by atoms with Gasteiger partial charge in [0.05, 0.1) is 13.2 Å². The first-order chi connectivity index (χ1) is 8.72. The Morgan fingerprint density at radius 1 is 1.44 bits per heavy atom. The van der Waals surface area contributed by atoms with E-state index in [1.165, 1.54) is 0 Å². The Kier molecular flexibility index (Phi) is 3.94. The highest BCUT2D eigenvalue weighted by Gasteiger charge is 2.13. The van der Waals surface area contributed by atoms with Gasteiger partial charge in [0, 0.05) is 6.42 Å². The maximum atomic E-state index is 5.83. The molecule has 0 spiro atoms. The first kappa shape index (κ1) is 12.6. The normalized spacial score (nSPS) is 12.4. The molecule has 0 aliphatic heterocycles. The molecule has 1 aromatic heterocycles. The summed E-state index contributed by atoms with van der Waals surface area (Å²) in [6.07, 6.45) is 1.39. The van der Waals surface area contributed by atoms with Crippen molar-refractivity contribution in [2.75, 3.05) is 7.11 Å². The van der Waals surface area contributed by atoms with E-state index in [2.05, 4.69) is 10.1 Å². The summed E-state index contributed by atoms with van der Waals surface area (Å²) in [6, 6.07) is 7.61. The third-order valence-electron chi connectivity index (χ3n) is 2.74. The van der Waals surface area contributed by atoms with Gasteiger partial charge in [-0.15, -0.1) is 0 Å². The zero-order valence-electron chi connectivity index (χ0n) is 10.6. The van der Waals surface area contributed by atoms with Crippen molar-refractivity contribution < 1.29 is 9.26 Å².